The molecule has 1 aliphatic rings. The molecule has 7 nitrogen and oxygen atoms in total. The normalized spacial score (nSPS) is 16.7. The van der Waals surface area contributed by atoms with E-state index >= 15 is 0 Å². The van der Waals surface area contributed by atoms with Gasteiger partial charge in [0.1, 0.15) is 17.8 Å². The molecule has 0 saturated heterocycles. The molecule has 0 fully saturated rings. The molecule has 0 unspecified atom stereocenters. The molecule has 0 atom stereocenters. The van der Waals surface area contributed by atoms with E-state index in [1.54, 1.807) is 6.33 Å². The van der Waals surface area contributed by atoms with Crippen molar-refractivity contribution in [3.63, 3.8) is 0 Å². The molecule has 1 amide bonds. The van der Waals surface area contributed by atoms with Gasteiger partial charge in [-0.1, -0.05) is 12.1 Å². The number of hydrogen-bond donors (Lipinski definition) is 2. The number of aromatic nitrogens is 3. The summed E-state index contributed by atoms with van der Waals surface area (Å²) in [6, 6.07) is 8.16. The number of H-pyrrole nitrogens is 1. The molecule has 7 heteroatoms. The Morgan fingerprint density at radius 2 is 2.00 bits per heavy atom. The Hall–Kier alpha value is -2.93. The van der Waals surface area contributed by atoms with Gasteiger partial charge in [0.2, 0.25) is 5.91 Å². The Morgan fingerprint density at radius 3 is 2.89 bits per heavy atom. The van der Waals surface area contributed by atoms with Crippen molar-refractivity contribution in [3.8, 4) is 0 Å². The summed E-state index contributed by atoms with van der Waals surface area (Å²) in [7, 11) is 3.94. The zero-order valence-electron chi connectivity index (χ0n) is 15.7. The third-order valence-electron chi connectivity index (χ3n) is 5.05. The minimum Gasteiger partial charge on any atom is -0.346 e. The lowest BCUT2D eigenvalue weighted by Crippen LogP contribution is -2.34. The summed E-state index contributed by atoms with van der Waals surface area (Å²) >= 11 is 0. The van der Waals surface area contributed by atoms with E-state index in [0.29, 0.717) is 13.0 Å². The number of nitrogens with zero attached hydrogens (tertiary/aromatic N) is 4. The van der Waals surface area contributed by atoms with E-state index < -0.39 is 0 Å². The van der Waals surface area contributed by atoms with Gasteiger partial charge >= 0.3 is 0 Å². The van der Waals surface area contributed by atoms with Crippen LogP contribution in [0, 0.1) is 0 Å². The number of hydrogen-bond acceptors (Lipinski definition) is 5. The number of likely N-dealkylation sites (N-methyl/N-ethyl adjacent to an activating group) is 2. The van der Waals surface area contributed by atoms with Crippen LogP contribution in [0.4, 0.5) is 11.5 Å². The van der Waals surface area contributed by atoms with Crippen LogP contribution >= 0.6 is 0 Å². The van der Waals surface area contributed by atoms with Crippen LogP contribution in [0.1, 0.15) is 17.5 Å². The van der Waals surface area contributed by atoms with Crippen molar-refractivity contribution in [1.82, 2.24) is 24.8 Å². The van der Waals surface area contributed by atoms with E-state index in [2.05, 4.69) is 44.3 Å². The second-order valence-electron chi connectivity index (χ2n) is 7.14. The molecule has 0 spiro atoms. The fourth-order valence-electron chi connectivity index (χ4n) is 3.45. The molecule has 2 N–H and O–H groups in total. The van der Waals surface area contributed by atoms with Gasteiger partial charge in [-0.25, -0.2) is 9.97 Å². The zero-order valence-corrected chi connectivity index (χ0v) is 15.7. The first-order chi connectivity index (χ1) is 13.1. The first-order valence-corrected chi connectivity index (χ1v) is 9.19. The third-order valence-corrected chi connectivity index (χ3v) is 5.05. The first-order valence-electron chi connectivity index (χ1n) is 9.19. The molecule has 0 aliphatic carbocycles. The van der Waals surface area contributed by atoms with E-state index in [1.807, 2.05) is 30.3 Å². The zero-order chi connectivity index (χ0) is 18.8. The Morgan fingerprint density at radius 1 is 1.11 bits per heavy atom. The highest BCUT2D eigenvalue weighted by molar-refractivity contribution is 5.92. The molecule has 27 heavy (non-hydrogen) atoms. The lowest BCUT2D eigenvalue weighted by molar-refractivity contribution is -0.130. The molecule has 4 rings (SSSR count). The third kappa shape index (κ3) is 3.78. The maximum atomic E-state index is 12.4. The fourth-order valence-corrected chi connectivity index (χ4v) is 3.45. The average Bonchev–Trinajstić information content (AvgIpc) is 3.07. The molecular formula is C20H24N6O. The van der Waals surface area contributed by atoms with E-state index in [4.69, 9.17) is 0 Å². The van der Waals surface area contributed by atoms with Crippen LogP contribution in [0.3, 0.4) is 0 Å². The predicted molar refractivity (Wildman–Crippen MR) is 106 cm³/mol. The Kier molecular flexibility index (Phi) is 4.77. The van der Waals surface area contributed by atoms with E-state index in [0.717, 1.165) is 53.2 Å². The number of aromatic amines is 1. The molecule has 1 aliphatic heterocycles. The number of carbonyl (C=O) groups is 1. The highest BCUT2D eigenvalue weighted by Gasteiger charge is 2.15. The maximum Gasteiger partial charge on any atom is 0.222 e. The molecule has 3 aromatic rings. The van der Waals surface area contributed by atoms with Crippen molar-refractivity contribution in [1.29, 1.82) is 0 Å². The van der Waals surface area contributed by atoms with Gasteiger partial charge < -0.3 is 20.1 Å². The van der Waals surface area contributed by atoms with Gasteiger partial charge in [0.05, 0.1) is 5.39 Å². The molecule has 0 radical (unpaired) electrons. The van der Waals surface area contributed by atoms with Crippen molar-refractivity contribution in [2.24, 2.45) is 0 Å². The smallest absolute Gasteiger partial charge is 0.222 e. The van der Waals surface area contributed by atoms with Crippen LogP contribution in [-0.4, -0.2) is 57.8 Å². The van der Waals surface area contributed by atoms with E-state index in [9.17, 15) is 4.79 Å². The van der Waals surface area contributed by atoms with Crippen LogP contribution in [-0.2, 0) is 17.8 Å². The molecule has 0 saturated carbocycles. The molecule has 3 heterocycles. The van der Waals surface area contributed by atoms with Crippen LogP contribution in [0.15, 0.2) is 36.8 Å². The van der Waals surface area contributed by atoms with Gasteiger partial charge in [-0.2, -0.15) is 0 Å². The standard InChI is InChI=1S/C20H24N6O/c1-25-8-9-26(2)17(27)7-6-14-4-3-5-16(10-14)24-20-18-15(12-25)11-21-19(18)22-13-23-20/h3-5,10-11,13H,6-9,12H2,1-2H3,(H2,21,22,23,24). The number of carbonyl (C=O) groups excluding carboxylic acids is 1. The summed E-state index contributed by atoms with van der Waals surface area (Å²) in [6.07, 6.45) is 4.80. The number of nitrogens with one attached hydrogen (secondary N) is 2. The second kappa shape index (κ2) is 7.36. The van der Waals surface area contributed by atoms with Crippen molar-refractivity contribution in [2.45, 2.75) is 19.4 Å². The van der Waals surface area contributed by atoms with Gasteiger partial charge in [-0.05, 0) is 36.7 Å². The number of rotatable bonds is 0. The molecule has 2 aromatic heterocycles. The van der Waals surface area contributed by atoms with Crippen molar-refractivity contribution in [3.05, 3.63) is 47.9 Å². The topological polar surface area (TPSA) is 77.2 Å². The Bertz CT molecular complexity index is 966. The fraction of sp³-hybridized carbons (Fsp3) is 0.350. The monoisotopic (exact) mass is 364 g/mol. The van der Waals surface area contributed by atoms with Gasteiger partial charge in [-0.15, -0.1) is 0 Å². The summed E-state index contributed by atoms with van der Waals surface area (Å²) < 4.78 is 0. The van der Waals surface area contributed by atoms with E-state index in [1.165, 1.54) is 0 Å². The number of amides is 1. The summed E-state index contributed by atoms with van der Waals surface area (Å²) in [5.74, 6) is 0.972. The Labute approximate surface area is 158 Å². The lowest BCUT2D eigenvalue weighted by atomic mass is 10.1. The molecule has 2 bridgehead atoms. The first kappa shape index (κ1) is 17.5. The lowest BCUT2D eigenvalue weighted by Gasteiger charge is -2.22. The SMILES string of the molecule is CN1CCN(C)C(=O)CCc2cccc(c2)Nc2ncnc3[nH]cc(c23)C1. The maximum absolute atomic E-state index is 12.4. The number of fused-ring (bicyclic) bond motifs is 2. The summed E-state index contributed by atoms with van der Waals surface area (Å²) in [5, 5.41) is 4.44. The van der Waals surface area contributed by atoms with Crippen molar-refractivity contribution in [2.75, 3.05) is 32.5 Å². The average molecular weight is 364 g/mol. The molecular weight excluding hydrogens is 340 g/mol. The van der Waals surface area contributed by atoms with E-state index in [-0.39, 0.29) is 5.91 Å². The van der Waals surface area contributed by atoms with Gasteiger partial charge in [0.15, 0.2) is 0 Å². The summed E-state index contributed by atoms with van der Waals surface area (Å²) in [5.41, 5.74) is 4.05. The Balaban J connectivity index is 1.75. The van der Waals surface area contributed by atoms with Crippen LogP contribution < -0.4 is 5.32 Å². The van der Waals surface area contributed by atoms with Crippen LogP contribution in [0.2, 0.25) is 0 Å². The van der Waals surface area contributed by atoms with Gasteiger partial charge in [0.25, 0.3) is 0 Å². The summed E-state index contributed by atoms with van der Waals surface area (Å²) in [4.78, 5) is 28.5. The number of benzene rings is 1. The number of aryl methyl sites for hydroxylation is 1. The van der Waals surface area contributed by atoms with Crippen molar-refractivity contribution < 1.29 is 4.79 Å². The minimum atomic E-state index is 0.176. The van der Waals surface area contributed by atoms with Crippen molar-refractivity contribution >= 4 is 28.4 Å². The highest BCUT2D eigenvalue weighted by Crippen LogP contribution is 2.27. The molecule has 1 aromatic carbocycles. The van der Waals surface area contributed by atoms with Crippen LogP contribution in [0.25, 0.3) is 11.0 Å². The largest absolute Gasteiger partial charge is 0.346 e. The van der Waals surface area contributed by atoms with Gasteiger partial charge in [0, 0.05) is 45.0 Å². The summed E-state index contributed by atoms with van der Waals surface area (Å²) in [6.45, 7) is 2.27. The predicted octanol–water partition coefficient (Wildman–Crippen LogP) is 2.54. The highest BCUT2D eigenvalue weighted by atomic mass is 16.2. The quantitative estimate of drug-likeness (QED) is 0.641. The second-order valence-corrected chi connectivity index (χ2v) is 7.14. The van der Waals surface area contributed by atoms with Gasteiger partial charge in [-0.3, -0.25) is 4.79 Å². The van der Waals surface area contributed by atoms with Crippen LogP contribution in [0.5, 0.6) is 0 Å². The number of anilines is 2. The minimum absolute atomic E-state index is 0.176. The molecule has 140 valence electrons.